The smallest absolute Gasteiger partial charge is 0.306 e. The van der Waals surface area contributed by atoms with E-state index in [4.69, 9.17) is 0 Å². The quantitative estimate of drug-likeness (QED) is 0.398. The zero-order chi connectivity index (χ0) is 15.0. The molecule has 112 valence electrons. The van der Waals surface area contributed by atoms with Gasteiger partial charge in [0.2, 0.25) is 5.82 Å². The Morgan fingerprint density at radius 1 is 1.30 bits per heavy atom. The second-order valence-electron chi connectivity index (χ2n) is 5.17. The molecule has 5 heteroatoms. The maximum atomic E-state index is 13.2. The third-order valence-electron chi connectivity index (χ3n) is 3.30. The van der Waals surface area contributed by atoms with Gasteiger partial charge in [-0.15, -0.1) is 0 Å². The third kappa shape index (κ3) is 5.55. The lowest BCUT2D eigenvalue weighted by molar-refractivity contribution is -0.387. The van der Waals surface area contributed by atoms with E-state index < -0.39 is 16.4 Å². The van der Waals surface area contributed by atoms with E-state index in [0.717, 1.165) is 18.9 Å². The fourth-order valence-corrected chi connectivity index (χ4v) is 2.15. The van der Waals surface area contributed by atoms with Gasteiger partial charge in [0.05, 0.1) is 4.92 Å². The number of unbranched alkanes of at least 4 members (excludes halogenated alkanes) is 4. The van der Waals surface area contributed by atoms with Gasteiger partial charge in [0, 0.05) is 17.8 Å². The molecule has 4 nitrogen and oxygen atoms in total. The van der Waals surface area contributed by atoms with E-state index in [1.807, 2.05) is 6.92 Å². The van der Waals surface area contributed by atoms with Crippen molar-refractivity contribution in [3.05, 3.63) is 34.1 Å². The number of benzene rings is 1. The predicted molar refractivity (Wildman–Crippen MR) is 79.5 cm³/mol. The second kappa shape index (κ2) is 8.51. The highest BCUT2D eigenvalue weighted by Gasteiger charge is 2.14. The van der Waals surface area contributed by atoms with Crippen molar-refractivity contribution in [3.8, 4) is 0 Å². The first-order valence-electron chi connectivity index (χ1n) is 7.25. The number of hydrogen-bond donors (Lipinski definition) is 1. The Labute approximate surface area is 119 Å². The van der Waals surface area contributed by atoms with Gasteiger partial charge in [0.1, 0.15) is 0 Å². The van der Waals surface area contributed by atoms with Gasteiger partial charge in [-0.3, -0.25) is 10.1 Å². The van der Waals surface area contributed by atoms with Crippen LogP contribution in [0.2, 0.25) is 0 Å². The number of nitro groups is 1. The van der Waals surface area contributed by atoms with Crippen LogP contribution in [0, 0.1) is 15.9 Å². The predicted octanol–water partition coefficient (Wildman–Crippen LogP) is 4.89. The summed E-state index contributed by atoms with van der Waals surface area (Å²) in [5, 5.41) is 13.9. The molecule has 1 aromatic rings. The lowest BCUT2D eigenvalue weighted by Crippen LogP contribution is -2.15. The van der Waals surface area contributed by atoms with Gasteiger partial charge in [-0.05, 0) is 25.5 Å². The topological polar surface area (TPSA) is 55.2 Å². The zero-order valence-electron chi connectivity index (χ0n) is 12.2. The van der Waals surface area contributed by atoms with Crippen molar-refractivity contribution in [3.63, 3.8) is 0 Å². The molecule has 1 atom stereocenters. The minimum atomic E-state index is -0.798. The molecule has 0 amide bonds. The SMILES string of the molecule is CCCCCCCC(C)Nc1ccc(F)c([N+](=O)[O-])c1. The summed E-state index contributed by atoms with van der Waals surface area (Å²) in [5.41, 5.74) is 0.115. The first-order chi connectivity index (χ1) is 9.54. The van der Waals surface area contributed by atoms with E-state index in [2.05, 4.69) is 12.2 Å². The van der Waals surface area contributed by atoms with Crippen LogP contribution in [-0.2, 0) is 0 Å². The van der Waals surface area contributed by atoms with Crippen molar-refractivity contribution in [2.75, 3.05) is 5.32 Å². The van der Waals surface area contributed by atoms with E-state index in [1.165, 1.54) is 37.8 Å². The third-order valence-corrected chi connectivity index (χ3v) is 3.30. The molecule has 0 aliphatic rings. The van der Waals surface area contributed by atoms with Gasteiger partial charge in [0.25, 0.3) is 0 Å². The number of nitrogens with one attached hydrogen (secondary N) is 1. The summed E-state index contributed by atoms with van der Waals surface area (Å²) in [4.78, 5) is 9.97. The number of nitrogens with zero attached hydrogens (tertiary/aromatic N) is 1. The molecule has 0 fully saturated rings. The molecule has 0 aliphatic heterocycles. The van der Waals surface area contributed by atoms with Crippen LogP contribution in [0.1, 0.15) is 52.4 Å². The summed E-state index contributed by atoms with van der Waals surface area (Å²) in [7, 11) is 0. The van der Waals surface area contributed by atoms with E-state index in [-0.39, 0.29) is 6.04 Å². The van der Waals surface area contributed by atoms with Crippen molar-refractivity contribution in [1.29, 1.82) is 0 Å². The summed E-state index contributed by atoms with van der Waals surface area (Å²) in [6, 6.07) is 4.15. The Kier molecular flexibility index (Phi) is 6.98. The molecule has 20 heavy (non-hydrogen) atoms. The van der Waals surface area contributed by atoms with Crippen LogP contribution >= 0.6 is 0 Å². The van der Waals surface area contributed by atoms with E-state index in [0.29, 0.717) is 5.69 Å². The van der Waals surface area contributed by atoms with Crippen molar-refractivity contribution in [2.45, 2.75) is 58.4 Å². The summed E-state index contributed by atoms with van der Waals surface area (Å²) in [6.07, 6.45) is 7.11. The monoisotopic (exact) mass is 282 g/mol. The molecule has 0 bridgehead atoms. The Morgan fingerprint density at radius 2 is 2.00 bits per heavy atom. The number of anilines is 1. The van der Waals surface area contributed by atoms with E-state index in [9.17, 15) is 14.5 Å². The molecule has 0 saturated carbocycles. The van der Waals surface area contributed by atoms with Gasteiger partial charge < -0.3 is 5.32 Å². The Hall–Kier alpha value is -1.65. The Balaban J connectivity index is 2.43. The van der Waals surface area contributed by atoms with Gasteiger partial charge >= 0.3 is 5.69 Å². The highest BCUT2D eigenvalue weighted by molar-refractivity contribution is 5.52. The molecule has 1 aromatic carbocycles. The van der Waals surface area contributed by atoms with Crippen LogP contribution in [0.3, 0.4) is 0 Å². The Bertz CT molecular complexity index is 438. The summed E-state index contributed by atoms with van der Waals surface area (Å²) >= 11 is 0. The van der Waals surface area contributed by atoms with Gasteiger partial charge in [-0.25, -0.2) is 0 Å². The van der Waals surface area contributed by atoms with Crippen molar-refractivity contribution >= 4 is 11.4 Å². The molecule has 1 N–H and O–H groups in total. The molecule has 1 unspecified atom stereocenters. The molecule has 0 radical (unpaired) electrons. The number of halogens is 1. The fourth-order valence-electron chi connectivity index (χ4n) is 2.15. The van der Waals surface area contributed by atoms with Gasteiger partial charge in [0.15, 0.2) is 0 Å². The number of nitro benzene ring substituents is 1. The highest BCUT2D eigenvalue weighted by Crippen LogP contribution is 2.22. The molecular weight excluding hydrogens is 259 g/mol. The summed E-state index contributed by atoms with van der Waals surface area (Å²) in [6.45, 7) is 4.22. The summed E-state index contributed by atoms with van der Waals surface area (Å²) < 4.78 is 13.2. The first kappa shape index (κ1) is 16.4. The zero-order valence-corrected chi connectivity index (χ0v) is 12.2. The standard InChI is InChI=1S/C15H23FN2O2/c1-3-4-5-6-7-8-12(2)17-13-9-10-14(16)15(11-13)18(19)20/h9-12,17H,3-8H2,1-2H3. The minimum Gasteiger partial charge on any atom is -0.382 e. The van der Waals surface area contributed by atoms with E-state index in [1.54, 1.807) is 0 Å². The largest absolute Gasteiger partial charge is 0.382 e. The molecule has 0 aromatic heterocycles. The van der Waals surface area contributed by atoms with Gasteiger partial charge in [-0.1, -0.05) is 39.0 Å². The molecule has 0 aliphatic carbocycles. The first-order valence-corrected chi connectivity index (χ1v) is 7.25. The summed E-state index contributed by atoms with van der Waals surface area (Å²) in [5.74, 6) is -0.798. The maximum Gasteiger partial charge on any atom is 0.306 e. The average molecular weight is 282 g/mol. The van der Waals surface area contributed by atoms with Crippen LogP contribution in [0.25, 0.3) is 0 Å². The van der Waals surface area contributed by atoms with Crippen molar-refractivity contribution in [1.82, 2.24) is 0 Å². The van der Waals surface area contributed by atoms with Crippen molar-refractivity contribution in [2.24, 2.45) is 0 Å². The molecule has 0 spiro atoms. The maximum absolute atomic E-state index is 13.2. The van der Waals surface area contributed by atoms with Crippen LogP contribution in [0.5, 0.6) is 0 Å². The van der Waals surface area contributed by atoms with Crippen LogP contribution in [-0.4, -0.2) is 11.0 Å². The Morgan fingerprint density at radius 3 is 2.65 bits per heavy atom. The fraction of sp³-hybridized carbons (Fsp3) is 0.600. The highest BCUT2D eigenvalue weighted by atomic mass is 19.1. The van der Waals surface area contributed by atoms with Crippen molar-refractivity contribution < 1.29 is 9.31 Å². The lowest BCUT2D eigenvalue weighted by atomic mass is 10.1. The lowest BCUT2D eigenvalue weighted by Gasteiger charge is -2.15. The molecular formula is C15H23FN2O2. The van der Waals surface area contributed by atoms with Crippen LogP contribution in [0.4, 0.5) is 15.8 Å². The molecule has 1 rings (SSSR count). The minimum absolute atomic E-state index is 0.224. The van der Waals surface area contributed by atoms with E-state index >= 15 is 0 Å². The van der Waals surface area contributed by atoms with Crippen LogP contribution < -0.4 is 5.32 Å². The molecule has 0 heterocycles. The van der Waals surface area contributed by atoms with Crippen LogP contribution in [0.15, 0.2) is 18.2 Å². The second-order valence-corrected chi connectivity index (χ2v) is 5.17. The number of rotatable bonds is 9. The number of hydrogen-bond acceptors (Lipinski definition) is 3. The average Bonchev–Trinajstić information content (AvgIpc) is 2.40. The molecule has 0 saturated heterocycles. The normalized spacial score (nSPS) is 12.2. The van der Waals surface area contributed by atoms with Gasteiger partial charge in [-0.2, -0.15) is 4.39 Å².